The van der Waals surface area contributed by atoms with Gasteiger partial charge in [0.05, 0.1) is 24.2 Å². The number of ether oxygens (including phenoxy) is 1. The number of carbonyl (C=O) groups excluding carboxylic acids is 1. The van der Waals surface area contributed by atoms with E-state index in [2.05, 4.69) is 15.7 Å². The summed E-state index contributed by atoms with van der Waals surface area (Å²) in [6, 6.07) is 5.52. The number of methoxy groups -OCH3 is 1. The number of rotatable bonds is 5. The minimum atomic E-state index is -0.0945. The summed E-state index contributed by atoms with van der Waals surface area (Å²) in [5.41, 5.74) is 2.04. The van der Waals surface area contributed by atoms with Crippen LogP contribution < -0.4 is 15.4 Å². The molecule has 1 aromatic heterocycles. The van der Waals surface area contributed by atoms with Gasteiger partial charge in [-0.25, -0.2) is 0 Å². The molecule has 1 fully saturated rings. The molecule has 2 heterocycles. The van der Waals surface area contributed by atoms with Gasteiger partial charge in [-0.3, -0.25) is 9.48 Å². The van der Waals surface area contributed by atoms with Crippen molar-refractivity contribution in [2.24, 2.45) is 13.0 Å². The van der Waals surface area contributed by atoms with Gasteiger partial charge in [0.2, 0.25) is 5.91 Å². The van der Waals surface area contributed by atoms with Crippen molar-refractivity contribution >= 4 is 29.9 Å². The maximum atomic E-state index is 12.6. The quantitative estimate of drug-likeness (QED) is 0.828. The molecule has 0 unspecified atom stereocenters. The lowest BCUT2D eigenvalue weighted by Gasteiger charge is -2.17. The van der Waals surface area contributed by atoms with Crippen LogP contribution in [0.1, 0.15) is 17.0 Å². The van der Waals surface area contributed by atoms with Gasteiger partial charge < -0.3 is 15.4 Å². The highest BCUT2D eigenvalue weighted by atomic mass is 35.5. The smallest absolute Gasteiger partial charge is 0.225 e. The number of halogens is 2. The number of amides is 1. The Kier molecular flexibility index (Phi) is 6.70. The molecule has 1 aliphatic rings. The third kappa shape index (κ3) is 4.45. The molecule has 0 spiro atoms. The van der Waals surface area contributed by atoms with E-state index in [0.717, 1.165) is 17.7 Å². The Bertz CT molecular complexity index is 735. The van der Waals surface area contributed by atoms with Gasteiger partial charge in [0, 0.05) is 38.8 Å². The Morgan fingerprint density at radius 3 is 2.92 bits per heavy atom. The maximum Gasteiger partial charge on any atom is 0.225 e. The first-order chi connectivity index (χ1) is 11.6. The number of carbonyl (C=O) groups is 1. The largest absolute Gasteiger partial charge is 0.495 e. The van der Waals surface area contributed by atoms with Gasteiger partial charge in [0.25, 0.3) is 0 Å². The summed E-state index contributed by atoms with van der Waals surface area (Å²) >= 11 is 6.12. The van der Waals surface area contributed by atoms with Crippen LogP contribution in [0.25, 0.3) is 0 Å². The number of hydrogen-bond donors (Lipinski definition) is 2. The Morgan fingerprint density at radius 1 is 1.48 bits per heavy atom. The Balaban J connectivity index is 0.00000225. The fraction of sp³-hybridized carbons (Fsp3) is 0.412. The van der Waals surface area contributed by atoms with Crippen LogP contribution >= 0.6 is 24.0 Å². The predicted octanol–water partition coefficient (Wildman–Crippen LogP) is 2.12. The third-order valence-electron chi connectivity index (χ3n) is 4.39. The zero-order valence-electron chi connectivity index (χ0n) is 14.2. The summed E-state index contributed by atoms with van der Waals surface area (Å²) in [5, 5.41) is 11.1. The third-order valence-corrected chi connectivity index (χ3v) is 4.68. The van der Waals surface area contributed by atoms with E-state index in [1.54, 1.807) is 17.9 Å². The molecule has 0 radical (unpaired) electrons. The van der Waals surface area contributed by atoms with Crippen LogP contribution in [0.3, 0.4) is 0 Å². The van der Waals surface area contributed by atoms with Gasteiger partial charge in [-0.05, 0) is 23.3 Å². The average Bonchev–Trinajstić information content (AvgIpc) is 3.21. The van der Waals surface area contributed by atoms with Crippen LogP contribution in [0.15, 0.2) is 30.6 Å². The summed E-state index contributed by atoms with van der Waals surface area (Å²) in [5.74, 6) is 0.727. The Morgan fingerprint density at radius 2 is 2.28 bits per heavy atom. The van der Waals surface area contributed by atoms with Gasteiger partial charge >= 0.3 is 0 Å². The summed E-state index contributed by atoms with van der Waals surface area (Å²) < 4.78 is 6.90. The lowest BCUT2D eigenvalue weighted by Crippen LogP contribution is -2.33. The molecule has 0 saturated carbocycles. The second-order valence-corrected chi connectivity index (χ2v) is 6.41. The van der Waals surface area contributed by atoms with E-state index < -0.39 is 0 Å². The van der Waals surface area contributed by atoms with E-state index >= 15 is 0 Å². The first kappa shape index (κ1) is 19.6. The second-order valence-electron chi connectivity index (χ2n) is 6.01. The highest BCUT2D eigenvalue weighted by Gasteiger charge is 2.34. The number of nitrogens with zero attached hydrogens (tertiary/aromatic N) is 2. The summed E-state index contributed by atoms with van der Waals surface area (Å²) in [6.45, 7) is 1.91. The molecule has 1 saturated heterocycles. The van der Waals surface area contributed by atoms with E-state index in [4.69, 9.17) is 16.3 Å². The number of benzene rings is 1. The molecule has 136 valence electrons. The molecule has 8 heteroatoms. The van der Waals surface area contributed by atoms with Crippen LogP contribution in [0.5, 0.6) is 5.75 Å². The normalized spacial score (nSPS) is 19.3. The SMILES string of the molecule is COc1ccc(CNC(=O)[C@H]2CNC[C@@H]2c2cnn(C)c2)cc1Cl.Cl. The summed E-state index contributed by atoms with van der Waals surface area (Å²) in [6.07, 6.45) is 3.81. The minimum absolute atomic E-state index is 0. The van der Waals surface area contributed by atoms with Gasteiger partial charge in [-0.1, -0.05) is 17.7 Å². The number of aromatic nitrogens is 2. The molecule has 6 nitrogen and oxygen atoms in total. The standard InChI is InChI=1S/C17H21ClN4O2.ClH/c1-22-10-12(7-21-22)13-8-19-9-14(13)17(23)20-6-11-3-4-16(24-2)15(18)5-11;/h3-5,7,10,13-14,19H,6,8-9H2,1-2H3,(H,20,23);1H/t13-,14+;/m1./s1. The molecule has 2 atom stereocenters. The van der Waals surface area contributed by atoms with Crippen molar-refractivity contribution in [3.05, 3.63) is 46.7 Å². The van der Waals surface area contributed by atoms with E-state index in [-0.39, 0.29) is 30.2 Å². The van der Waals surface area contributed by atoms with Crippen LogP contribution in [0, 0.1) is 5.92 Å². The van der Waals surface area contributed by atoms with Crippen molar-refractivity contribution in [2.45, 2.75) is 12.5 Å². The number of hydrogen-bond acceptors (Lipinski definition) is 4. The van der Waals surface area contributed by atoms with Gasteiger partial charge in [-0.2, -0.15) is 5.10 Å². The van der Waals surface area contributed by atoms with Crippen LogP contribution in [0.4, 0.5) is 0 Å². The maximum absolute atomic E-state index is 12.6. The minimum Gasteiger partial charge on any atom is -0.495 e. The molecule has 1 aromatic carbocycles. The monoisotopic (exact) mass is 384 g/mol. The lowest BCUT2D eigenvalue weighted by molar-refractivity contribution is -0.125. The van der Waals surface area contributed by atoms with Crippen molar-refractivity contribution in [2.75, 3.05) is 20.2 Å². The fourth-order valence-corrected chi connectivity index (χ4v) is 3.36. The molecule has 25 heavy (non-hydrogen) atoms. The zero-order valence-corrected chi connectivity index (χ0v) is 15.7. The molecular weight excluding hydrogens is 363 g/mol. The molecule has 2 aromatic rings. The van der Waals surface area contributed by atoms with E-state index in [1.165, 1.54) is 0 Å². The Hall–Kier alpha value is -1.76. The van der Waals surface area contributed by atoms with Gasteiger partial charge in [0.1, 0.15) is 5.75 Å². The van der Waals surface area contributed by atoms with Crippen LogP contribution in [-0.4, -0.2) is 35.9 Å². The highest BCUT2D eigenvalue weighted by Crippen LogP contribution is 2.28. The van der Waals surface area contributed by atoms with E-state index in [0.29, 0.717) is 23.9 Å². The first-order valence-corrected chi connectivity index (χ1v) is 8.25. The summed E-state index contributed by atoms with van der Waals surface area (Å²) in [4.78, 5) is 12.6. The molecule has 0 bridgehead atoms. The highest BCUT2D eigenvalue weighted by molar-refractivity contribution is 6.32. The number of nitrogens with one attached hydrogen (secondary N) is 2. The van der Waals surface area contributed by atoms with Crippen LogP contribution in [0.2, 0.25) is 5.02 Å². The van der Waals surface area contributed by atoms with E-state index in [9.17, 15) is 4.79 Å². The van der Waals surface area contributed by atoms with Crippen molar-refractivity contribution in [1.82, 2.24) is 20.4 Å². The van der Waals surface area contributed by atoms with Gasteiger partial charge in [-0.15, -0.1) is 12.4 Å². The van der Waals surface area contributed by atoms with Crippen molar-refractivity contribution in [3.63, 3.8) is 0 Å². The predicted molar refractivity (Wildman–Crippen MR) is 99.4 cm³/mol. The fourth-order valence-electron chi connectivity index (χ4n) is 3.08. The second kappa shape index (κ2) is 8.56. The molecule has 3 rings (SSSR count). The molecular formula is C17H22Cl2N4O2. The average molecular weight is 385 g/mol. The molecule has 1 amide bonds. The molecule has 0 aliphatic carbocycles. The Labute approximate surface area is 158 Å². The number of aryl methyl sites for hydroxylation is 1. The zero-order chi connectivity index (χ0) is 17.1. The van der Waals surface area contributed by atoms with Crippen LogP contribution in [-0.2, 0) is 18.4 Å². The van der Waals surface area contributed by atoms with Crippen molar-refractivity contribution in [3.8, 4) is 5.75 Å². The van der Waals surface area contributed by atoms with Gasteiger partial charge in [0.15, 0.2) is 0 Å². The summed E-state index contributed by atoms with van der Waals surface area (Å²) in [7, 11) is 3.46. The van der Waals surface area contributed by atoms with Crippen molar-refractivity contribution in [1.29, 1.82) is 0 Å². The molecule has 2 N–H and O–H groups in total. The lowest BCUT2D eigenvalue weighted by atomic mass is 9.90. The van der Waals surface area contributed by atoms with Crippen molar-refractivity contribution < 1.29 is 9.53 Å². The van der Waals surface area contributed by atoms with E-state index in [1.807, 2.05) is 31.6 Å². The topological polar surface area (TPSA) is 68.2 Å². The first-order valence-electron chi connectivity index (χ1n) is 7.88. The molecule has 1 aliphatic heterocycles.